The van der Waals surface area contributed by atoms with Crippen LogP contribution in [-0.2, 0) is 14.6 Å². The quantitative estimate of drug-likeness (QED) is 0.586. The van der Waals surface area contributed by atoms with Gasteiger partial charge < -0.3 is 10.6 Å². The topological polar surface area (TPSA) is 80.5 Å². The summed E-state index contributed by atoms with van der Waals surface area (Å²) in [5.74, 6) is 0.185. The van der Waals surface area contributed by atoms with Crippen molar-refractivity contribution < 1.29 is 13.2 Å². The molecule has 2 atom stereocenters. The Balaban J connectivity index is 1.92. The maximum Gasteiger partial charge on any atom is 0.227 e. The second kappa shape index (κ2) is 3.20. The lowest BCUT2D eigenvalue weighted by atomic mass is 10.3. The zero-order chi connectivity index (χ0) is 10.3. The van der Waals surface area contributed by atoms with Crippen LogP contribution in [0.3, 0.4) is 0 Å². The van der Waals surface area contributed by atoms with Crippen molar-refractivity contribution in [1.29, 1.82) is 0 Å². The number of carbonyl (C=O) groups excluding carboxylic acids is 1. The van der Waals surface area contributed by atoms with Crippen LogP contribution in [0.2, 0.25) is 0 Å². The molecule has 1 heterocycles. The number of nitrogens with two attached hydrogens (primary N) is 1. The summed E-state index contributed by atoms with van der Waals surface area (Å²) in [6.07, 6.45) is 0.752. The van der Waals surface area contributed by atoms with Gasteiger partial charge in [0.25, 0.3) is 0 Å². The Morgan fingerprint density at radius 2 is 1.79 bits per heavy atom. The molecule has 6 heteroatoms. The molecule has 1 saturated carbocycles. The summed E-state index contributed by atoms with van der Waals surface area (Å²) in [6.45, 7) is 0.675. The van der Waals surface area contributed by atoms with Crippen molar-refractivity contribution in [2.75, 3.05) is 24.6 Å². The van der Waals surface area contributed by atoms with E-state index < -0.39 is 9.84 Å². The maximum absolute atomic E-state index is 11.6. The second-order valence-corrected chi connectivity index (χ2v) is 6.29. The lowest BCUT2D eigenvalue weighted by Gasteiger charge is -2.26. The van der Waals surface area contributed by atoms with Gasteiger partial charge in [-0.25, -0.2) is 8.42 Å². The largest absolute Gasteiger partial charge is 0.340 e. The van der Waals surface area contributed by atoms with E-state index in [0.717, 1.165) is 6.42 Å². The van der Waals surface area contributed by atoms with Gasteiger partial charge in [-0.2, -0.15) is 0 Å². The maximum atomic E-state index is 11.6. The molecule has 0 bridgehead atoms. The Kier molecular flexibility index (Phi) is 2.27. The molecule has 1 saturated heterocycles. The van der Waals surface area contributed by atoms with Gasteiger partial charge in [-0.1, -0.05) is 0 Å². The second-order valence-electron chi connectivity index (χ2n) is 3.98. The van der Waals surface area contributed by atoms with E-state index in [0.29, 0.717) is 13.1 Å². The molecule has 80 valence electrons. The third kappa shape index (κ3) is 1.90. The number of hydrogen-bond acceptors (Lipinski definition) is 4. The van der Waals surface area contributed by atoms with Crippen molar-refractivity contribution in [3.05, 3.63) is 0 Å². The van der Waals surface area contributed by atoms with Crippen molar-refractivity contribution in [1.82, 2.24) is 4.90 Å². The third-order valence-electron chi connectivity index (χ3n) is 2.81. The zero-order valence-electron chi connectivity index (χ0n) is 7.85. The van der Waals surface area contributed by atoms with Crippen LogP contribution in [0.25, 0.3) is 0 Å². The number of sulfone groups is 1. The van der Waals surface area contributed by atoms with Crippen LogP contribution in [0.1, 0.15) is 6.42 Å². The van der Waals surface area contributed by atoms with Gasteiger partial charge in [-0.15, -0.1) is 0 Å². The number of rotatable bonds is 1. The van der Waals surface area contributed by atoms with E-state index in [1.807, 2.05) is 0 Å². The Bertz CT molecular complexity index is 338. The summed E-state index contributed by atoms with van der Waals surface area (Å²) >= 11 is 0. The monoisotopic (exact) mass is 218 g/mol. The van der Waals surface area contributed by atoms with Crippen molar-refractivity contribution in [2.45, 2.75) is 12.5 Å². The van der Waals surface area contributed by atoms with Crippen molar-refractivity contribution in [3.8, 4) is 0 Å². The minimum atomic E-state index is -2.89. The van der Waals surface area contributed by atoms with Crippen molar-refractivity contribution in [3.63, 3.8) is 0 Å². The Morgan fingerprint density at radius 3 is 2.21 bits per heavy atom. The Morgan fingerprint density at radius 1 is 1.29 bits per heavy atom. The third-order valence-corrected chi connectivity index (χ3v) is 4.42. The predicted molar refractivity (Wildman–Crippen MR) is 51.3 cm³/mol. The van der Waals surface area contributed by atoms with Gasteiger partial charge in [0.05, 0.1) is 17.4 Å². The molecule has 2 N–H and O–H groups in total. The highest BCUT2D eigenvalue weighted by molar-refractivity contribution is 7.91. The van der Waals surface area contributed by atoms with Crippen LogP contribution in [0.5, 0.6) is 0 Å². The molecule has 2 fully saturated rings. The van der Waals surface area contributed by atoms with Gasteiger partial charge in [0.15, 0.2) is 9.84 Å². The molecule has 0 aromatic heterocycles. The standard InChI is InChI=1S/C8H14N2O3S/c9-7-5-6(7)8(11)10-1-3-14(12,13)4-2-10/h6-7H,1-5,9H2. The molecule has 2 rings (SSSR count). The molecule has 0 radical (unpaired) electrons. The summed E-state index contributed by atoms with van der Waals surface area (Å²) in [5.41, 5.74) is 5.56. The van der Waals surface area contributed by atoms with Gasteiger partial charge in [0.2, 0.25) is 5.91 Å². The van der Waals surface area contributed by atoms with Gasteiger partial charge in [-0.05, 0) is 6.42 Å². The zero-order valence-corrected chi connectivity index (χ0v) is 8.66. The lowest BCUT2D eigenvalue weighted by molar-refractivity contribution is -0.132. The van der Waals surface area contributed by atoms with E-state index in [2.05, 4.69) is 0 Å². The fourth-order valence-electron chi connectivity index (χ4n) is 1.67. The van der Waals surface area contributed by atoms with Gasteiger partial charge >= 0.3 is 0 Å². The molecule has 1 aliphatic carbocycles. The summed E-state index contributed by atoms with van der Waals surface area (Å²) in [7, 11) is -2.89. The van der Waals surface area contributed by atoms with Gasteiger partial charge in [0, 0.05) is 19.1 Å². The summed E-state index contributed by atoms with van der Waals surface area (Å²) in [5, 5.41) is 0. The normalized spacial score (nSPS) is 35.4. The highest BCUT2D eigenvalue weighted by Crippen LogP contribution is 2.30. The molecule has 2 aliphatic rings. The minimum absolute atomic E-state index is 0.000957. The van der Waals surface area contributed by atoms with Crippen LogP contribution < -0.4 is 5.73 Å². The van der Waals surface area contributed by atoms with Crippen LogP contribution in [0.4, 0.5) is 0 Å². The number of hydrogen-bond donors (Lipinski definition) is 1. The molecule has 0 aromatic carbocycles. The highest BCUT2D eigenvalue weighted by Gasteiger charge is 2.43. The summed E-state index contributed by atoms with van der Waals surface area (Å²) < 4.78 is 22.2. The summed E-state index contributed by atoms with van der Waals surface area (Å²) in [6, 6.07) is 0.000957. The number of amides is 1. The molecular weight excluding hydrogens is 204 g/mol. The highest BCUT2D eigenvalue weighted by atomic mass is 32.2. The first-order chi connectivity index (χ1) is 6.49. The van der Waals surface area contributed by atoms with Crippen LogP contribution in [0.15, 0.2) is 0 Å². The molecule has 14 heavy (non-hydrogen) atoms. The van der Waals surface area contributed by atoms with E-state index in [-0.39, 0.29) is 29.4 Å². The first kappa shape index (κ1) is 9.92. The first-order valence-corrected chi connectivity index (χ1v) is 6.56. The lowest BCUT2D eigenvalue weighted by Crippen LogP contribution is -2.45. The first-order valence-electron chi connectivity index (χ1n) is 4.74. The van der Waals surface area contributed by atoms with Crippen molar-refractivity contribution >= 4 is 15.7 Å². The van der Waals surface area contributed by atoms with E-state index in [9.17, 15) is 13.2 Å². The average molecular weight is 218 g/mol. The van der Waals surface area contributed by atoms with Crippen molar-refractivity contribution in [2.24, 2.45) is 11.7 Å². The molecule has 5 nitrogen and oxygen atoms in total. The van der Waals surface area contributed by atoms with E-state index >= 15 is 0 Å². The fraction of sp³-hybridized carbons (Fsp3) is 0.875. The summed E-state index contributed by atoms with van der Waals surface area (Å²) in [4.78, 5) is 13.3. The Labute approximate surface area is 83.2 Å². The number of carbonyl (C=O) groups is 1. The smallest absolute Gasteiger partial charge is 0.227 e. The SMILES string of the molecule is NC1CC1C(=O)N1CCS(=O)(=O)CC1. The van der Waals surface area contributed by atoms with E-state index in [1.54, 1.807) is 4.90 Å². The molecule has 0 spiro atoms. The van der Waals surface area contributed by atoms with Gasteiger partial charge in [-0.3, -0.25) is 4.79 Å². The number of nitrogens with zero attached hydrogens (tertiary/aromatic N) is 1. The van der Waals surface area contributed by atoms with Gasteiger partial charge in [0.1, 0.15) is 0 Å². The Hall–Kier alpha value is -0.620. The van der Waals surface area contributed by atoms with Crippen LogP contribution in [0, 0.1) is 5.92 Å². The molecule has 1 aliphatic heterocycles. The molecule has 1 amide bonds. The average Bonchev–Trinajstić information content (AvgIpc) is 2.81. The van der Waals surface area contributed by atoms with Crippen LogP contribution >= 0.6 is 0 Å². The fourth-order valence-corrected chi connectivity index (χ4v) is 2.87. The molecule has 2 unspecified atom stereocenters. The van der Waals surface area contributed by atoms with E-state index in [4.69, 9.17) is 5.73 Å². The van der Waals surface area contributed by atoms with E-state index in [1.165, 1.54) is 0 Å². The minimum Gasteiger partial charge on any atom is -0.340 e. The van der Waals surface area contributed by atoms with Crippen LogP contribution in [-0.4, -0.2) is 49.9 Å². The molecule has 0 aromatic rings. The predicted octanol–water partition coefficient (Wildman–Crippen LogP) is -1.41. The molecular formula is C8H14N2O3S.